The van der Waals surface area contributed by atoms with E-state index in [4.69, 9.17) is 0 Å². The minimum Gasteiger partial charge on any atom is -0.271 e. The number of nitrogens with zero attached hydrogens (tertiary/aromatic N) is 1. The number of nitrogens with one attached hydrogen (secondary N) is 1. The van der Waals surface area contributed by atoms with Crippen molar-refractivity contribution in [1.29, 1.82) is 0 Å². The van der Waals surface area contributed by atoms with E-state index in [0.717, 1.165) is 15.6 Å². The van der Waals surface area contributed by atoms with Crippen LogP contribution < -0.4 is 0 Å². The van der Waals surface area contributed by atoms with Gasteiger partial charge in [0.05, 0.1) is 5.52 Å². The standard InChI is InChI=1S/C14H11IN2/c15-14-12-9-11(6-7-13(12)16-17-14)8-10-4-2-1-3-5-10/h1-7,9H,8H2,(H,16,17). The lowest BCUT2D eigenvalue weighted by molar-refractivity contribution is 1.09. The molecule has 1 heterocycles. The van der Waals surface area contributed by atoms with Crippen molar-refractivity contribution >= 4 is 33.5 Å². The largest absolute Gasteiger partial charge is 0.271 e. The first-order valence-electron chi connectivity index (χ1n) is 5.49. The van der Waals surface area contributed by atoms with Gasteiger partial charge in [-0.1, -0.05) is 36.4 Å². The summed E-state index contributed by atoms with van der Waals surface area (Å²) in [5.74, 6) is 0. The quantitative estimate of drug-likeness (QED) is 0.711. The predicted molar refractivity (Wildman–Crippen MR) is 78.1 cm³/mol. The first kappa shape index (κ1) is 10.8. The van der Waals surface area contributed by atoms with Crippen LogP contribution in [0.1, 0.15) is 11.1 Å². The third kappa shape index (κ3) is 2.20. The molecule has 0 atom stereocenters. The van der Waals surface area contributed by atoms with Crippen molar-refractivity contribution in [3.8, 4) is 0 Å². The number of rotatable bonds is 2. The summed E-state index contributed by atoms with van der Waals surface area (Å²) in [7, 11) is 0. The van der Waals surface area contributed by atoms with Gasteiger partial charge in [-0.05, 0) is 52.3 Å². The molecule has 0 spiro atoms. The van der Waals surface area contributed by atoms with Crippen molar-refractivity contribution in [2.45, 2.75) is 6.42 Å². The van der Waals surface area contributed by atoms with Gasteiger partial charge in [-0.2, -0.15) is 5.10 Å². The Morgan fingerprint density at radius 1 is 1.00 bits per heavy atom. The molecule has 3 heteroatoms. The normalized spacial score (nSPS) is 10.9. The molecule has 84 valence electrons. The Morgan fingerprint density at radius 2 is 1.82 bits per heavy atom. The monoisotopic (exact) mass is 334 g/mol. The average Bonchev–Trinajstić information content (AvgIpc) is 2.73. The second-order valence-electron chi connectivity index (χ2n) is 4.05. The number of halogens is 1. The molecule has 0 saturated heterocycles. The fourth-order valence-electron chi connectivity index (χ4n) is 1.97. The molecular formula is C14H11IN2. The summed E-state index contributed by atoms with van der Waals surface area (Å²) >= 11 is 2.28. The topological polar surface area (TPSA) is 28.7 Å². The lowest BCUT2D eigenvalue weighted by Gasteiger charge is -2.01. The van der Waals surface area contributed by atoms with E-state index in [2.05, 4.69) is 75.3 Å². The van der Waals surface area contributed by atoms with Crippen LogP contribution in [0.2, 0.25) is 0 Å². The fraction of sp³-hybridized carbons (Fsp3) is 0.0714. The average molecular weight is 334 g/mol. The van der Waals surface area contributed by atoms with Crippen LogP contribution in [0.3, 0.4) is 0 Å². The maximum absolute atomic E-state index is 4.23. The predicted octanol–water partition coefficient (Wildman–Crippen LogP) is 3.76. The Hall–Kier alpha value is -1.36. The van der Waals surface area contributed by atoms with E-state index in [-0.39, 0.29) is 0 Å². The maximum Gasteiger partial charge on any atom is 0.104 e. The highest BCUT2D eigenvalue weighted by molar-refractivity contribution is 14.1. The lowest BCUT2D eigenvalue weighted by Crippen LogP contribution is -1.87. The van der Waals surface area contributed by atoms with Gasteiger partial charge in [0, 0.05) is 5.39 Å². The third-order valence-corrected chi connectivity index (χ3v) is 3.65. The number of aromatic nitrogens is 2. The summed E-state index contributed by atoms with van der Waals surface area (Å²) in [6, 6.07) is 17.0. The molecule has 0 bridgehead atoms. The molecule has 0 aliphatic rings. The zero-order valence-electron chi connectivity index (χ0n) is 9.15. The van der Waals surface area contributed by atoms with Crippen LogP contribution in [0.4, 0.5) is 0 Å². The summed E-state index contributed by atoms with van der Waals surface area (Å²) in [5, 5.41) is 8.45. The molecule has 3 rings (SSSR count). The number of fused-ring (bicyclic) bond motifs is 1. The molecule has 1 aromatic heterocycles. The number of hydrogen-bond acceptors (Lipinski definition) is 1. The maximum atomic E-state index is 4.23. The molecule has 0 fully saturated rings. The van der Waals surface area contributed by atoms with Crippen LogP contribution in [0.25, 0.3) is 10.9 Å². The molecule has 17 heavy (non-hydrogen) atoms. The molecule has 0 radical (unpaired) electrons. The van der Waals surface area contributed by atoms with Crippen LogP contribution >= 0.6 is 22.6 Å². The molecule has 0 aliphatic carbocycles. The van der Waals surface area contributed by atoms with Crippen molar-refractivity contribution in [2.75, 3.05) is 0 Å². The van der Waals surface area contributed by atoms with E-state index in [1.165, 1.54) is 16.5 Å². The van der Waals surface area contributed by atoms with Crippen molar-refractivity contribution in [3.63, 3.8) is 0 Å². The van der Waals surface area contributed by atoms with Crippen molar-refractivity contribution in [1.82, 2.24) is 10.2 Å². The summed E-state index contributed by atoms with van der Waals surface area (Å²) in [6.07, 6.45) is 0.970. The van der Waals surface area contributed by atoms with E-state index in [1.54, 1.807) is 0 Å². The fourth-order valence-corrected chi connectivity index (χ4v) is 2.52. The minimum atomic E-state index is 0.970. The Morgan fingerprint density at radius 3 is 2.65 bits per heavy atom. The molecule has 0 saturated carbocycles. The highest BCUT2D eigenvalue weighted by Gasteiger charge is 2.03. The van der Waals surface area contributed by atoms with E-state index < -0.39 is 0 Å². The third-order valence-electron chi connectivity index (χ3n) is 2.82. The van der Waals surface area contributed by atoms with E-state index >= 15 is 0 Å². The van der Waals surface area contributed by atoms with Gasteiger partial charge in [0.2, 0.25) is 0 Å². The van der Waals surface area contributed by atoms with Gasteiger partial charge < -0.3 is 0 Å². The molecule has 1 N–H and O–H groups in total. The second kappa shape index (κ2) is 4.49. The molecule has 2 nitrogen and oxygen atoms in total. The van der Waals surface area contributed by atoms with Gasteiger partial charge in [0.1, 0.15) is 3.70 Å². The first-order valence-corrected chi connectivity index (χ1v) is 6.57. The molecule has 2 aromatic carbocycles. The smallest absolute Gasteiger partial charge is 0.104 e. The zero-order valence-corrected chi connectivity index (χ0v) is 11.3. The summed E-state index contributed by atoms with van der Waals surface area (Å²) < 4.78 is 1.10. The molecule has 0 unspecified atom stereocenters. The van der Waals surface area contributed by atoms with Gasteiger partial charge in [0.15, 0.2) is 0 Å². The summed E-state index contributed by atoms with van der Waals surface area (Å²) in [6.45, 7) is 0. The number of benzene rings is 2. The van der Waals surface area contributed by atoms with Crippen LogP contribution in [0.15, 0.2) is 48.5 Å². The van der Waals surface area contributed by atoms with Gasteiger partial charge in [-0.15, -0.1) is 0 Å². The van der Waals surface area contributed by atoms with Crippen LogP contribution in [-0.2, 0) is 6.42 Å². The van der Waals surface area contributed by atoms with E-state index in [0.29, 0.717) is 0 Å². The number of H-pyrrole nitrogens is 1. The molecule has 0 aliphatic heterocycles. The molecular weight excluding hydrogens is 323 g/mol. The lowest BCUT2D eigenvalue weighted by atomic mass is 10.0. The van der Waals surface area contributed by atoms with Crippen LogP contribution in [0.5, 0.6) is 0 Å². The van der Waals surface area contributed by atoms with Gasteiger partial charge in [-0.3, -0.25) is 5.10 Å². The summed E-state index contributed by atoms with van der Waals surface area (Å²) in [4.78, 5) is 0. The second-order valence-corrected chi connectivity index (χ2v) is 5.13. The number of aromatic amines is 1. The van der Waals surface area contributed by atoms with E-state index in [1.807, 2.05) is 6.07 Å². The minimum absolute atomic E-state index is 0.970. The van der Waals surface area contributed by atoms with Crippen molar-refractivity contribution in [3.05, 3.63) is 63.4 Å². The van der Waals surface area contributed by atoms with Gasteiger partial charge in [-0.25, -0.2) is 0 Å². The van der Waals surface area contributed by atoms with Gasteiger partial charge >= 0.3 is 0 Å². The number of hydrogen-bond donors (Lipinski definition) is 1. The van der Waals surface area contributed by atoms with Crippen LogP contribution in [-0.4, -0.2) is 10.2 Å². The Balaban J connectivity index is 1.98. The highest BCUT2D eigenvalue weighted by atomic mass is 127. The SMILES string of the molecule is Ic1[nH]nc2ccc(Cc3ccccc3)cc12. The molecule has 3 aromatic rings. The highest BCUT2D eigenvalue weighted by Crippen LogP contribution is 2.20. The van der Waals surface area contributed by atoms with Gasteiger partial charge in [0.25, 0.3) is 0 Å². The van der Waals surface area contributed by atoms with Crippen molar-refractivity contribution < 1.29 is 0 Å². The zero-order chi connectivity index (χ0) is 11.7. The molecule has 0 amide bonds. The van der Waals surface area contributed by atoms with Crippen molar-refractivity contribution in [2.24, 2.45) is 0 Å². The Kier molecular flexibility index (Phi) is 2.84. The Bertz CT molecular complexity index is 644. The van der Waals surface area contributed by atoms with Crippen LogP contribution in [0, 0.1) is 3.70 Å². The Labute approximate surface area is 113 Å². The summed E-state index contributed by atoms with van der Waals surface area (Å²) in [5.41, 5.74) is 3.69. The first-order chi connectivity index (χ1) is 8.33. The van der Waals surface area contributed by atoms with E-state index in [9.17, 15) is 0 Å².